The van der Waals surface area contributed by atoms with E-state index in [9.17, 15) is 0 Å². The van der Waals surface area contributed by atoms with Crippen molar-refractivity contribution in [3.63, 3.8) is 0 Å². The van der Waals surface area contributed by atoms with Crippen molar-refractivity contribution in [2.45, 2.75) is 31.8 Å². The first-order valence-corrected chi connectivity index (χ1v) is 5.17. The maximum Gasteiger partial charge on any atom is 0.0640 e. The smallest absolute Gasteiger partial charge is 0.0640 e. The molecule has 10 heavy (non-hydrogen) atoms. The average Bonchev–Trinajstić information content (AvgIpc) is 2.42. The van der Waals surface area contributed by atoms with Crippen molar-refractivity contribution in [3.8, 4) is 0 Å². The second-order valence-electron chi connectivity index (χ2n) is 3.50. The minimum Gasteiger partial charge on any atom is -0.378 e. The Bertz CT molecular complexity index is 125. The van der Waals surface area contributed by atoms with E-state index < -0.39 is 0 Å². The predicted molar refractivity (Wildman–Crippen MR) is 44.4 cm³/mol. The van der Waals surface area contributed by atoms with Gasteiger partial charge in [-0.15, -0.1) is 0 Å². The number of fused-ring (bicyclic) bond motifs is 1. The fraction of sp³-hybridized carbons (Fsp3) is 1.00. The molecule has 2 rings (SSSR count). The molecule has 1 aliphatic carbocycles. The van der Waals surface area contributed by atoms with Crippen molar-refractivity contribution in [2.75, 3.05) is 11.9 Å². The summed E-state index contributed by atoms with van der Waals surface area (Å²) in [6.45, 7) is 0.996. The SMILES string of the molecule is BrC[C@]12CCC[C@H]1OCC2. The molecule has 0 spiro atoms. The standard InChI is InChI=1S/C8H13BrO/c9-6-8-3-1-2-7(8)10-5-4-8/h7H,1-6H2/t7-,8-/m1/s1. The Balaban J connectivity index is 2.15. The summed E-state index contributed by atoms with van der Waals surface area (Å²) in [5.41, 5.74) is 0.542. The summed E-state index contributed by atoms with van der Waals surface area (Å²) in [4.78, 5) is 0. The Kier molecular flexibility index (Phi) is 1.77. The molecule has 0 aromatic heterocycles. The highest BCUT2D eigenvalue weighted by molar-refractivity contribution is 9.09. The quantitative estimate of drug-likeness (QED) is 0.597. The van der Waals surface area contributed by atoms with E-state index in [2.05, 4.69) is 15.9 Å². The van der Waals surface area contributed by atoms with Crippen LogP contribution in [0.2, 0.25) is 0 Å². The summed E-state index contributed by atoms with van der Waals surface area (Å²) in [6, 6.07) is 0. The Labute approximate surface area is 70.3 Å². The Morgan fingerprint density at radius 3 is 3.10 bits per heavy atom. The van der Waals surface area contributed by atoms with Crippen LogP contribution < -0.4 is 0 Å². The van der Waals surface area contributed by atoms with Crippen molar-refractivity contribution < 1.29 is 4.74 Å². The zero-order valence-electron chi connectivity index (χ0n) is 6.11. The van der Waals surface area contributed by atoms with E-state index in [1.807, 2.05) is 0 Å². The highest BCUT2D eigenvalue weighted by atomic mass is 79.9. The lowest BCUT2D eigenvalue weighted by molar-refractivity contribution is 0.0792. The maximum absolute atomic E-state index is 5.64. The van der Waals surface area contributed by atoms with Gasteiger partial charge in [-0.1, -0.05) is 22.4 Å². The van der Waals surface area contributed by atoms with Gasteiger partial charge in [-0.05, 0) is 19.3 Å². The summed E-state index contributed by atoms with van der Waals surface area (Å²) in [6.07, 6.45) is 5.92. The van der Waals surface area contributed by atoms with E-state index in [0.29, 0.717) is 11.5 Å². The second kappa shape index (κ2) is 2.49. The van der Waals surface area contributed by atoms with Crippen LogP contribution in [-0.4, -0.2) is 18.0 Å². The van der Waals surface area contributed by atoms with Gasteiger partial charge in [0.25, 0.3) is 0 Å². The van der Waals surface area contributed by atoms with Gasteiger partial charge in [-0.2, -0.15) is 0 Å². The van der Waals surface area contributed by atoms with Gasteiger partial charge in [-0.3, -0.25) is 0 Å². The molecule has 1 saturated carbocycles. The predicted octanol–water partition coefficient (Wildman–Crippen LogP) is 2.34. The third-order valence-electron chi connectivity index (χ3n) is 3.01. The molecule has 58 valence electrons. The Morgan fingerprint density at radius 2 is 2.40 bits per heavy atom. The van der Waals surface area contributed by atoms with E-state index in [-0.39, 0.29) is 0 Å². The highest BCUT2D eigenvalue weighted by Crippen LogP contribution is 2.48. The monoisotopic (exact) mass is 204 g/mol. The molecule has 1 nitrogen and oxygen atoms in total. The van der Waals surface area contributed by atoms with E-state index in [1.54, 1.807) is 0 Å². The molecule has 0 amide bonds. The van der Waals surface area contributed by atoms with Crippen LogP contribution in [0.15, 0.2) is 0 Å². The summed E-state index contributed by atoms with van der Waals surface area (Å²) >= 11 is 3.59. The second-order valence-corrected chi connectivity index (χ2v) is 4.06. The van der Waals surface area contributed by atoms with Crippen LogP contribution in [0.3, 0.4) is 0 Å². The molecule has 0 bridgehead atoms. The van der Waals surface area contributed by atoms with Crippen molar-refractivity contribution in [3.05, 3.63) is 0 Å². The van der Waals surface area contributed by atoms with Crippen molar-refractivity contribution in [1.29, 1.82) is 0 Å². The number of ether oxygens (including phenoxy) is 1. The number of rotatable bonds is 1. The first-order valence-electron chi connectivity index (χ1n) is 4.05. The van der Waals surface area contributed by atoms with Gasteiger partial charge in [0.2, 0.25) is 0 Å². The van der Waals surface area contributed by atoms with Crippen molar-refractivity contribution in [2.24, 2.45) is 5.41 Å². The van der Waals surface area contributed by atoms with E-state index >= 15 is 0 Å². The van der Waals surface area contributed by atoms with Gasteiger partial charge < -0.3 is 4.74 Å². The van der Waals surface area contributed by atoms with Gasteiger partial charge in [0, 0.05) is 17.4 Å². The van der Waals surface area contributed by atoms with E-state index in [4.69, 9.17) is 4.74 Å². The van der Waals surface area contributed by atoms with Crippen LogP contribution in [-0.2, 0) is 4.74 Å². The molecule has 0 aromatic carbocycles. The van der Waals surface area contributed by atoms with Crippen LogP contribution in [0, 0.1) is 5.41 Å². The molecule has 0 aromatic rings. The van der Waals surface area contributed by atoms with Crippen LogP contribution in [0.5, 0.6) is 0 Å². The topological polar surface area (TPSA) is 9.23 Å². The third-order valence-corrected chi connectivity index (χ3v) is 4.13. The minimum absolute atomic E-state index is 0.542. The fourth-order valence-corrected chi connectivity index (χ4v) is 3.20. The molecule has 0 radical (unpaired) electrons. The summed E-state index contributed by atoms with van der Waals surface area (Å²) < 4.78 is 5.64. The molecule has 1 aliphatic heterocycles. The van der Waals surface area contributed by atoms with Crippen LogP contribution in [0.25, 0.3) is 0 Å². The van der Waals surface area contributed by atoms with E-state index in [0.717, 1.165) is 11.9 Å². The van der Waals surface area contributed by atoms with E-state index in [1.165, 1.54) is 25.7 Å². The summed E-state index contributed by atoms with van der Waals surface area (Å²) in [7, 11) is 0. The molecule has 2 atom stereocenters. The normalized spacial score (nSPS) is 45.9. The first-order chi connectivity index (χ1) is 4.87. The first kappa shape index (κ1) is 7.11. The highest BCUT2D eigenvalue weighted by Gasteiger charge is 2.46. The summed E-state index contributed by atoms with van der Waals surface area (Å²) in [5.74, 6) is 0. The van der Waals surface area contributed by atoms with Gasteiger partial charge >= 0.3 is 0 Å². The average molecular weight is 205 g/mol. The lowest BCUT2D eigenvalue weighted by Gasteiger charge is -2.24. The molecule has 2 fully saturated rings. The lowest BCUT2D eigenvalue weighted by atomic mass is 9.85. The number of hydrogen-bond donors (Lipinski definition) is 0. The van der Waals surface area contributed by atoms with Crippen LogP contribution >= 0.6 is 15.9 Å². The number of halogens is 1. The van der Waals surface area contributed by atoms with Crippen LogP contribution in [0.4, 0.5) is 0 Å². The zero-order valence-corrected chi connectivity index (χ0v) is 7.69. The molecule has 0 N–H and O–H groups in total. The molecule has 1 heterocycles. The molecular weight excluding hydrogens is 192 g/mol. The van der Waals surface area contributed by atoms with Gasteiger partial charge in [0.15, 0.2) is 0 Å². The van der Waals surface area contributed by atoms with Crippen molar-refractivity contribution >= 4 is 15.9 Å². The maximum atomic E-state index is 5.64. The lowest BCUT2D eigenvalue weighted by Crippen LogP contribution is -2.26. The van der Waals surface area contributed by atoms with Crippen LogP contribution in [0.1, 0.15) is 25.7 Å². The molecule has 1 saturated heterocycles. The Hall–Kier alpha value is 0.440. The largest absolute Gasteiger partial charge is 0.378 e. The van der Waals surface area contributed by atoms with Gasteiger partial charge in [0.1, 0.15) is 0 Å². The molecular formula is C8H13BrO. The minimum atomic E-state index is 0.542. The zero-order chi connectivity index (χ0) is 7.03. The third kappa shape index (κ3) is 0.850. The summed E-state index contributed by atoms with van der Waals surface area (Å²) in [5, 5.41) is 1.14. The number of hydrogen-bond acceptors (Lipinski definition) is 1. The number of alkyl halides is 1. The molecule has 2 heteroatoms. The fourth-order valence-electron chi connectivity index (χ4n) is 2.28. The van der Waals surface area contributed by atoms with Gasteiger partial charge in [-0.25, -0.2) is 0 Å². The molecule has 0 unspecified atom stereocenters. The van der Waals surface area contributed by atoms with Gasteiger partial charge in [0.05, 0.1) is 6.10 Å². The van der Waals surface area contributed by atoms with Crippen molar-refractivity contribution in [1.82, 2.24) is 0 Å². The molecule has 2 aliphatic rings. The Morgan fingerprint density at radius 1 is 1.50 bits per heavy atom.